The van der Waals surface area contributed by atoms with E-state index in [-0.39, 0.29) is 11.6 Å². The summed E-state index contributed by atoms with van der Waals surface area (Å²) in [6.07, 6.45) is -4.84. The maximum Gasteiger partial charge on any atom is 0.573 e. The van der Waals surface area contributed by atoms with Gasteiger partial charge < -0.3 is 25.0 Å². The molecule has 3 aromatic rings. The van der Waals surface area contributed by atoms with Gasteiger partial charge in [-0.15, -0.1) is 13.2 Å². The van der Waals surface area contributed by atoms with Crippen LogP contribution in [-0.4, -0.2) is 49.4 Å². The van der Waals surface area contributed by atoms with Gasteiger partial charge >= 0.3 is 6.36 Å². The van der Waals surface area contributed by atoms with Crippen LogP contribution in [0.3, 0.4) is 0 Å². The second-order valence-electron chi connectivity index (χ2n) is 8.08. The van der Waals surface area contributed by atoms with E-state index in [4.69, 9.17) is 4.74 Å². The van der Waals surface area contributed by atoms with Crippen molar-refractivity contribution in [3.63, 3.8) is 0 Å². The van der Waals surface area contributed by atoms with E-state index in [1.807, 2.05) is 12.1 Å². The van der Waals surface area contributed by atoms with Crippen LogP contribution < -0.4 is 15.4 Å². The maximum absolute atomic E-state index is 12.9. The number of halogens is 3. The van der Waals surface area contributed by atoms with Crippen molar-refractivity contribution >= 4 is 28.9 Å². The Morgan fingerprint density at radius 2 is 1.63 bits per heavy atom. The molecule has 0 saturated carbocycles. The summed E-state index contributed by atoms with van der Waals surface area (Å²) in [7, 11) is 0. The van der Waals surface area contributed by atoms with Crippen molar-refractivity contribution in [3.8, 4) is 16.9 Å². The van der Waals surface area contributed by atoms with Crippen LogP contribution in [0.25, 0.3) is 11.1 Å². The topological polar surface area (TPSA) is 79.9 Å². The Balaban J connectivity index is 1.42. The highest BCUT2D eigenvalue weighted by Crippen LogP contribution is 2.37. The monoisotopic (exact) mass is 483 g/mol. The molecule has 10 heteroatoms. The minimum Gasteiger partial charge on any atom is -0.406 e. The summed E-state index contributed by atoms with van der Waals surface area (Å²) in [4.78, 5) is 27.6. The molecule has 0 atom stereocenters. The van der Waals surface area contributed by atoms with Crippen LogP contribution in [0.4, 0.5) is 30.2 Å². The maximum atomic E-state index is 12.9. The number of nitrogens with one attached hydrogen (secondary N) is 2. The van der Waals surface area contributed by atoms with Crippen LogP contribution >= 0.6 is 0 Å². The lowest BCUT2D eigenvalue weighted by Gasteiger charge is -2.27. The largest absolute Gasteiger partial charge is 0.573 e. The van der Waals surface area contributed by atoms with Crippen LogP contribution in [0, 0.1) is 0 Å². The van der Waals surface area contributed by atoms with Gasteiger partial charge in [0.2, 0.25) is 0 Å². The highest BCUT2D eigenvalue weighted by Gasteiger charge is 2.31. The molecule has 0 bridgehead atoms. The summed E-state index contributed by atoms with van der Waals surface area (Å²) in [6.45, 7) is 2.07. The zero-order valence-electron chi connectivity index (χ0n) is 18.3. The number of carbonyl (C=O) groups is 2. The molecule has 35 heavy (non-hydrogen) atoms. The fourth-order valence-corrected chi connectivity index (χ4v) is 4.07. The lowest BCUT2D eigenvalue weighted by Crippen LogP contribution is -2.40. The first-order valence-electron chi connectivity index (χ1n) is 10.9. The second kappa shape index (κ2) is 8.95. The fraction of sp³-hybridized carbons (Fsp3) is 0.200. The Hall–Kier alpha value is -4.05. The summed E-state index contributed by atoms with van der Waals surface area (Å²) >= 11 is 0. The number of fused-ring (bicyclic) bond motifs is 2. The van der Waals surface area contributed by atoms with Gasteiger partial charge in [0.05, 0.1) is 35.8 Å². The Labute approximate surface area is 198 Å². The zero-order valence-corrected chi connectivity index (χ0v) is 18.3. The van der Waals surface area contributed by atoms with Crippen molar-refractivity contribution in [3.05, 3.63) is 71.8 Å². The van der Waals surface area contributed by atoms with Gasteiger partial charge in [0.15, 0.2) is 0 Å². The first kappa shape index (κ1) is 22.7. The van der Waals surface area contributed by atoms with E-state index < -0.39 is 18.0 Å². The van der Waals surface area contributed by atoms with Crippen LogP contribution in [0.15, 0.2) is 60.7 Å². The minimum absolute atomic E-state index is 0.0864. The molecule has 1 fully saturated rings. The Bertz CT molecular complexity index is 1300. The first-order valence-corrected chi connectivity index (χ1v) is 10.9. The summed E-state index contributed by atoms with van der Waals surface area (Å²) in [5.41, 5.74) is 3.39. The fourth-order valence-electron chi connectivity index (χ4n) is 4.07. The highest BCUT2D eigenvalue weighted by molar-refractivity contribution is 6.13. The molecule has 2 N–H and O–H groups in total. The Morgan fingerprint density at radius 3 is 2.40 bits per heavy atom. The van der Waals surface area contributed by atoms with E-state index in [0.29, 0.717) is 54.4 Å². The van der Waals surface area contributed by atoms with Gasteiger partial charge in [-0.1, -0.05) is 18.2 Å². The summed E-state index contributed by atoms with van der Waals surface area (Å²) in [5, 5.41) is 5.72. The second-order valence-corrected chi connectivity index (χ2v) is 8.08. The number of rotatable bonds is 3. The first-order chi connectivity index (χ1) is 16.8. The van der Waals surface area contributed by atoms with E-state index in [1.165, 1.54) is 12.1 Å². The van der Waals surface area contributed by atoms with Crippen LogP contribution in [0.5, 0.6) is 5.75 Å². The number of ether oxygens (including phenoxy) is 2. The summed E-state index contributed by atoms with van der Waals surface area (Å²) in [5.74, 6) is -1.01. The molecular formula is C25H20F3N3O4. The quantitative estimate of drug-likeness (QED) is 0.546. The number of hydrogen-bond acceptors (Lipinski definition) is 5. The van der Waals surface area contributed by atoms with Gasteiger partial charge in [-0.3, -0.25) is 9.59 Å². The molecule has 2 aliphatic rings. The number of anilines is 3. The van der Waals surface area contributed by atoms with Crippen molar-refractivity contribution in [2.24, 2.45) is 0 Å². The van der Waals surface area contributed by atoms with Gasteiger partial charge in [0.25, 0.3) is 11.8 Å². The van der Waals surface area contributed by atoms with Gasteiger partial charge in [0.1, 0.15) is 5.75 Å². The smallest absolute Gasteiger partial charge is 0.406 e. The summed E-state index contributed by atoms with van der Waals surface area (Å²) in [6, 6.07) is 16.0. The van der Waals surface area contributed by atoms with E-state index in [2.05, 4.69) is 15.4 Å². The van der Waals surface area contributed by atoms with Crippen molar-refractivity contribution in [2.75, 3.05) is 36.9 Å². The molecule has 5 rings (SSSR count). The predicted molar refractivity (Wildman–Crippen MR) is 123 cm³/mol. The number of hydrogen-bond donors (Lipinski definition) is 2. The summed E-state index contributed by atoms with van der Waals surface area (Å²) < 4.78 is 47.0. The minimum atomic E-state index is -4.84. The molecule has 2 heterocycles. The van der Waals surface area contributed by atoms with Gasteiger partial charge in [-0.25, -0.2) is 0 Å². The van der Waals surface area contributed by atoms with E-state index in [0.717, 1.165) is 11.6 Å². The average molecular weight is 483 g/mol. The third-order valence-corrected chi connectivity index (χ3v) is 5.75. The van der Waals surface area contributed by atoms with Crippen molar-refractivity contribution in [2.45, 2.75) is 6.36 Å². The molecule has 1 saturated heterocycles. The molecular weight excluding hydrogens is 463 g/mol. The third-order valence-electron chi connectivity index (χ3n) is 5.75. The molecule has 0 spiro atoms. The SMILES string of the molecule is O=C1Nc2cc(OC(F)(F)F)ccc2Nc2ccc(-c3cccc(C(=O)N4CCOCC4)c3)cc21. The van der Waals surface area contributed by atoms with Gasteiger partial charge in [0, 0.05) is 24.7 Å². The molecule has 3 aromatic carbocycles. The number of alkyl halides is 3. The molecule has 180 valence electrons. The molecule has 0 aromatic heterocycles. The molecule has 0 radical (unpaired) electrons. The molecule has 0 aliphatic carbocycles. The third kappa shape index (κ3) is 4.92. The van der Waals surface area contributed by atoms with Crippen molar-refractivity contribution < 1.29 is 32.2 Å². The normalized spacial score (nSPS) is 15.3. The number of benzene rings is 3. The Kier molecular flexibility index (Phi) is 5.81. The predicted octanol–water partition coefficient (Wildman–Crippen LogP) is 5.03. The number of amides is 2. The van der Waals surface area contributed by atoms with Crippen LogP contribution in [0.1, 0.15) is 20.7 Å². The Morgan fingerprint density at radius 1 is 0.886 bits per heavy atom. The van der Waals surface area contributed by atoms with E-state index >= 15 is 0 Å². The molecule has 2 amide bonds. The van der Waals surface area contributed by atoms with E-state index in [1.54, 1.807) is 35.2 Å². The van der Waals surface area contributed by atoms with Crippen molar-refractivity contribution in [1.29, 1.82) is 0 Å². The highest BCUT2D eigenvalue weighted by atomic mass is 19.4. The average Bonchev–Trinajstić information content (AvgIpc) is 2.98. The molecule has 0 unspecified atom stereocenters. The van der Waals surface area contributed by atoms with Gasteiger partial charge in [-0.05, 0) is 47.5 Å². The van der Waals surface area contributed by atoms with Gasteiger partial charge in [-0.2, -0.15) is 0 Å². The lowest BCUT2D eigenvalue weighted by atomic mass is 9.99. The number of nitrogens with zero attached hydrogens (tertiary/aromatic N) is 1. The molecule has 2 aliphatic heterocycles. The standard InChI is InChI=1S/C25H20F3N3O4/c26-25(27,28)35-18-5-7-21-22(14-18)30-23(32)19-13-16(4-6-20(19)29-21)15-2-1-3-17(12-15)24(33)31-8-10-34-11-9-31/h1-7,12-14,29H,8-11H2,(H,30,32). The lowest BCUT2D eigenvalue weighted by molar-refractivity contribution is -0.274. The van der Waals surface area contributed by atoms with E-state index in [9.17, 15) is 22.8 Å². The number of morpholine rings is 1. The molecule has 7 nitrogen and oxygen atoms in total. The van der Waals surface area contributed by atoms with Crippen LogP contribution in [0.2, 0.25) is 0 Å². The zero-order chi connectivity index (χ0) is 24.6. The van der Waals surface area contributed by atoms with Crippen molar-refractivity contribution in [1.82, 2.24) is 4.90 Å². The number of carbonyl (C=O) groups excluding carboxylic acids is 2. The van der Waals surface area contributed by atoms with Crippen LogP contribution in [-0.2, 0) is 4.74 Å².